The standard InChI is InChI=1S/C13H18N2O3/c1-7(2)11(14)12(16)15-9-5-4-8(3)10(6-9)13(17)18/h4-7,11H,14H2,1-3H3,(H,15,16)(H,17,18). The molecular formula is C13H18N2O3. The summed E-state index contributed by atoms with van der Waals surface area (Å²) in [5.74, 6) is -1.31. The van der Waals surface area contributed by atoms with Crippen molar-refractivity contribution in [1.29, 1.82) is 0 Å². The lowest BCUT2D eigenvalue weighted by atomic mass is 10.0. The maximum absolute atomic E-state index is 11.7. The molecule has 0 aliphatic carbocycles. The minimum atomic E-state index is -1.02. The van der Waals surface area contributed by atoms with Gasteiger partial charge in [-0.2, -0.15) is 0 Å². The summed E-state index contributed by atoms with van der Waals surface area (Å²) in [6.45, 7) is 5.40. The minimum absolute atomic E-state index is 0.0226. The number of amides is 1. The van der Waals surface area contributed by atoms with Crippen LogP contribution in [-0.2, 0) is 4.79 Å². The third kappa shape index (κ3) is 3.30. The van der Waals surface area contributed by atoms with Crippen LogP contribution in [-0.4, -0.2) is 23.0 Å². The lowest BCUT2D eigenvalue weighted by molar-refractivity contribution is -0.118. The van der Waals surface area contributed by atoms with E-state index in [-0.39, 0.29) is 17.4 Å². The number of hydrogen-bond donors (Lipinski definition) is 3. The van der Waals surface area contributed by atoms with Gasteiger partial charge in [0.1, 0.15) is 0 Å². The van der Waals surface area contributed by atoms with Gasteiger partial charge in [-0.15, -0.1) is 0 Å². The molecule has 1 atom stereocenters. The van der Waals surface area contributed by atoms with Gasteiger partial charge in [-0.1, -0.05) is 19.9 Å². The van der Waals surface area contributed by atoms with Crippen molar-refractivity contribution >= 4 is 17.6 Å². The average Bonchev–Trinajstić information content (AvgIpc) is 2.29. The van der Waals surface area contributed by atoms with E-state index in [1.807, 2.05) is 13.8 Å². The number of rotatable bonds is 4. The highest BCUT2D eigenvalue weighted by atomic mass is 16.4. The van der Waals surface area contributed by atoms with Crippen LogP contribution >= 0.6 is 0 Å². The highest BCUT2D eigenvalue weighted by molar-refractivity contribution is 5.97. The Balaban J connectivity index is 2.89. The Morgan fingerprint density at radius 3 is 2.44 bits per heavy atom. The first-order chi connectivity index (χ1) is 8.32. The molecule has 5 nitrogen and oxygen atoms in total. The fraction of sp³-hybridized carbons (Fsp3) is 0.385. The second-order valence-corrected chi connectivity index (χ2v) is 4.59. The average molecular weight is 250 g/mol. The van der Waals surface area contributed by atoms with Crippen LogP contribution in [0, 0.1) is 12.8 Å². The van der Waals surface area contributed by atoms with Crippen LogP contribution < -0.4 is 11.1 Å². The number of aryl methyl sites for hydroxylation is 1. The predicted octanol–water partition coefficient (Wildman–Crippen LogP) is 1.62. The van der Waals surface area contributed by atoms with Crippen LogP contribution in [0.5, 0.6) is 0 Å². The summed E-state index contributed by atoms with van der Waals surface area (Å²) in [4.78, 5) is 22.7. The van der Waals surface area contributed by atoms with E-state index >= 15 is 0 Å². The molecule has 0 saturated heterocycles. The van der Waals surface area contributed by atoms with Gasteiger partial charge in [-0.25, -0.2) is 4.79 Å². The van der Waals surface area contributed by atoms with E-state index in [0.717, 1.165) is 0 Å². The highest BCUT2D eigenvalue weighted by Crippen LogP contribution is 2.16. The van der Waals surface area contributed by atoms with E-state index in [9.17, 15) is 9.59 Å². The second-order valence-electron chi connectivity index (χ2n) is 4.59. The number of carboxylic acids is 1. The normalized spacial score (nSPS) is 12.3. The summed E-state index contributed by atoms with van der Waals surface area (Å²) in [7, 11) is 0. The largest absolute Gasteiger partial charge is 0.478 e. The van der Waals surface area contributed by atoms with Gasteiger partial charge in [0, 0.05) is 5.69 Å². The Morgan fingerprint density at radius 2 is 1.94 bits per heavy atom. The molecule has 0 bridgehead atoms. The second kappa shape index (κ2) is 5.64. The van der Waals surface area contributed by atoms with Crippen molar-refractivity contribution in [3.8, 4) is 0 Å². The summed E-state index contributed by atoms with van der Waals surface area (Å²) >= 11 is 0. The lowest BCUT2D eigenvalue weighted by Crippen LogP contribution is -2.39. The topological polar surface area (TPSA) is 92.4 Å². The molecule has 0 aliphatic heterocycles. The Hall–Kier alpha value is -1.88. The fourth-order valence-electron chi connectivity index (χ4n) is 1.46. The van der Waals surface area contributed by atoms with Crippen LogP contribution in [0.25, 0.3) is 0 Å². The first-order valence-corrected chi connectivity index (χ1v) is 5.73. The van der Waals surface area contributed by atoms with Crippen molar-refractivity contribution < 1.29 is 14.7 Å². The highest BCUT2D eigenvalue weighted by Gasteiger charge is 2.17. The molecule has 0 radical (unpaired) electrons. The first-order valence-electron chi connectivity index (χ1n) is 5.73. The van der Waals surface area contributed by atoms with Crippen LogP contribution in [0.1, 0.15) is 29.8 Å². The van der Waals surface area contributed by atoms with Gasteiger partial charge in [0.25, 0.3) is 0 Å². The summed E-state index contributed by atoms with van der Waals surface area (Å²) in [6, 6.07) is 4.13. The predicted molar refractivity (Wildman–Crippen MR) is 69.6 cm³/mol. The van der Waals surface area contributed by atoms with Crippen LogP contribution in [0.2, 0.25) is 0 Å². The monoisotopic (exact) mass is 250 g/mol. The van der Waals surface area contributed by atoms with Gasteiger partial charge < -0.3 is 16.2 Å². The zero-order chi connectivity index (χ0) is 13.9. The van der Waals surface area contributed by atoms with Crippen LogP contribution in [0.4, 0.5) is 5.69 Å². The number of benzene rings is 1. The molecule has 1 aromatic carbocycles. The van der Waals surface area contributed by atoms with Crippen molar-refractivity contribution in [2.75, 3.05) is 5.32 Å². The molecule has 0 fully saturated rings. The van der Waals surface area contributed by atoms with Crippen molar-refractivity contribution in [2.24, 2.45) is 11.7 Å². The number of carbonyl (C=O) groups excluding carboxylic acids is 1. The van der Waals surface area contributed by atoms with E-state index in [2.05, 4.69) is 5.32 Å². The SMILES string of the molecule is Cc1ccc(NC(=O)C(N)C(C)C)cc1C(=O)O. The molecular weight excluding hydrogens is 232 g/mol. The maximum Gasteiger partial charge on any atom is 0.336 e. The van der Waals surface area contributed by atoms with E-state index in [1.165, 1.54) is 6.07 Å². The molecule has 0 spiro atoms. The van der Waals surface area contributed by atoms with E-state index < -0.39 is 12.0 Å². The van der Waals surface area contributed by atoms with Gasteiger partial charge in [-0.05, 0) is 30.5 Å². The van der Waals surface area contributed by atoms with Crippen molar-refractivity contribution in [2.45, 2.75) is 26.8 Å². The van der Waals surface area contributed by atoms with Gasteiger partial charge >= 0.3 is 5.97 Å². The van der Waals surface area contributed by atoms with Crippen molar-refractivity contribution in [3.05, 3.63) is 29.3 Å². The Bertz CT molecular complexity index is 469. The number of carbonyl (C=O) groups is 2. The fourth-order valence-corrected chi connectivity index (χ4v) is 1.46. The summed E-state index contributed by atoms with van der Waals surface area (Å²) < 4.78 is 0. The molecule has 18 heavy (non-hydrogen) atoms. The number of carboxylic acid groups (broad SMARTS) is 1. The van der Waals surface area contributed by atoms with Gasteiger partial charge in [0.2, 0.25) is 5.91 Å². The lowest BCUT2D eigenvalue weighted by Gasteiger charge is -2.15. The molecule has 0 aliphatic rings. The van der Waals surface area contributed by atoms with Gasteiger partial charge in [0.15, 0.2) is 0 Å². The third-order valence-corrected chi connectivity index (χ3v) is 2.76. The van der Waals surface area contributed by atoms with Gasteiger partial charge in [0.05, 0.1) is 11.6 Å². The van der Waals surface area contributed by atoms with E-state index in [1.54, 1.807) is 19.1 Å². The summed E-state index contributed by atoms with van der Waals surface area (Å²) in [5.41, 5.74) is 6.97. The molecule has 0 heterocycles. The third-order valence-electron chi connectivity index (χ3n) is 2.76. The minimum Gasteiger partial charge on any atom is -0.478 e. The summed E-state index contributed by atoms with van der Waals surface area (Å²) in [5, 5.41) is 11.6. The zero-order valence-corrected chi connectivity index (χ0v) is 10.7. The molecule has 5 heteroatoms. The number of hydrogen-bond acceptors (Lipinski definition) is 3. The maximum atomic E-state index is 11.7. The molecule has 1 rings (SSSR count). The first kappa shape index (κ1) is 14.2. The molecule has 0 saturated carbocycles. The van der Waals surface area contributed by atoms with Crippen molar-refractivity contribution in [3.63, 3.8) is 0 Å². The number of anilines is 1. The number of nitrogens with one attached hydrogen (secondary N) is 1. The zero-order valence-electron chi connectivity index (χ0n) is 10.7. The number of nitrogens with two attached hydrogens (primary N) is 1. The quantitative estimate of drug-likeness (QED) is 0.757. The van der Waals surface area contributed by atoms with Crippen molar-refractivity contribution in [1.82, 2.24) is 0 Å². The van der Waals surface area contributed by atoms with Crippen LogP contribution in [0.15, 0.2) is 18.2 Å². The van der Waals surface area contributed by atoms with E-state index in [0.29, 0.717) is 11.3 Å². The molecule has 1 unspecified atom stereocenters. The molecule has 4 N–H and O–H groups in total. The van der Waals surface area contributed by atoms with Gasteiger partial charge in [-0.3, -0.25) is 4.79 Å². The molecule has 1 aromatic rings. The van der Waals surface area contributed by atoms with Crippen LogP contribution in [0.3, 0.4) is 0 Å². The van der Waals surface area contributed by atoms with E-state index in [4.69, 9.17) is 10.8 Å². The molecule has 0 aromatic heterocycles. The molecule has 1 amide bonds. The smallest absolute Gasteiger partial charge is 0.336 e. The Morgan fingerprint density at radius 1 is 1.33 bits per heavy atom. The Labute approximate surface area is 106 Å². The molecule has 98 valence electrons. The summed E-state index contributed by atoms with van der Waals surface area (Å²) in [6.07, 6.45) is 0. The number of aromatic carboxylic acids is 1. The Kier molecular flexibility index (Phi) is 4.44.